The van der Waals surface area contributed by atoms with Crippen LogP contribution < -0.4 is 9.47 Å². The fourth-order valence-corrected chi connectivity index (χ4v) is 2.23. The van der Waals surface area contributed by atoms with Crippen molar-refractivity contribution < 1.29 is 107 Å². The summed E-state index contributed by atoms with van der Waals surface area (Å²) in [6, 6.07) is 0.306. The molecule has 0 N–H and O–H groups in total. The van der Waals surface area contributed by atoms with Gasteiger partial charge in [-0.3, -0.25) is 9.47 Å². The Morgan fingerprint density at radius 2 is 0.881 bits per heavy atom. The van der Waals surface area contributed by atoms with Gasteiger partial charge in [-0.15, -0.1) is 11.6 Å². The number of ether oxygens (including phenoxy) is 4. The smallest absolute Gasteiger partial charge is 0.425 e. The highest BCUT2D eigenvalue weighted by molar-refractivity contribution is 6.17. The molecule has 0 spiro atoms. The van der Waals surface area contributed by atoms with Crippen LogP contribution in [-0.4, -0.2) is 61.3 Å². The SMILES string of the molecule is FC(OC(F)(F)C(F)(F)C(F)(F)F)C(F)(F)Oc1ccc(CCl)cc1OC(F)(F)C(F)OC(F)(F)C(F)(F)C(F)(F)F. The molecule has 0 amide bonds. The maximum atomic E-state index is 13.9. The van der Waals surface area contributed by atoms with E-state index < -0.39 is 84.3 Å². The monoisotopic (exact) mass is 690 g/mol. The van der Waals surface area contributed by atoms with Crippen LogP contribution in [0.5, 0.6) is 11.5 Å². The minimum atomic E-state index is -7.32. The predicted octanol–water partition coefficient (Wildman–Crippen LogP) is 8.57. The van der Waals surface area contributed by atoms with Gasteiger partial charge in [-0.25, -0.2) is 8.78 Å². The molecule has 1 aromatic carbocycles. The molecule has 1 aromatic rings. The Morgan fingerprint density at radius 1 is 0.548 bits per heavy atom. The zero-order valence-corrected chi connectivity index (χ0v) is 19.4. The topological polar surface area (TPSA) is 36.9 Å². The van der Waals surface area contributed by atoms with Crippen molar-refractivity contribution in [3.63, 3.8) is 0 Å². The maximum absolute atomic E-state index is 13.9. The first-order chi connectivity index (χ1) is 18.4. The molecule has 246 valence electrons. The van der Waals surface area contributed by atoms with Gasteiger partial charge in [0.05, 0.1) is 0 Å². The van der Waals surface area contributed by atoms with E-state index in [1.54, 1.807) is 0 Å². The molecule has 42 heavy (non-hydrogen) atoms. The number of alkyl halides is 21. The van der Waals surface area contributed by atoms with Crippen molar-refractivity contribution in [1.29, 1.82) is 0 Å². The van der Waals surface area contributed by atoms with Crippen LogP contribution in [0.1, 0.15) is 5.56 Å². The van der Waals surface area contributed by atoms with Crippen LogP contribution in [0.25, 0.3) is 0 Å². The van der Waals surface area contributed by atoms with E-state index in [0.717, 1.165) is 0 Å². The van der Waals surface area contributed by atoms with Gasteiger partial charge in [-0.2, -0.15) is 79.0 Å². The van der Waals surface area contributed by atoms with Gasteiger partial charge in [0.25, 0.3) is 0 Å². The van der Waals surface area contributed by atoms with E-state index in [-0.39, 0.29) is 12.1 Å². The van der Waals surface area contributed by atoms with E-state index in [2.05, 4.69) is 18.9 Å². The molecule has 2 unspecified atom stereocenters. The zero-order chi connectivity index (χ0) is 33.5. The summed E-state index contributed by atoms with van der Waals surface area (Å²) in [6.45, 7) is 0. The lowest BCUT2D eigenvalue weighted by Gasteiger charge is -2.31. The third-order valence-corrected chi connectivity index (χ3v) is 4.44. The third-order valence-electron chi connectivity index (χ3n) is 4.13. The highest BCUT2D eigenvalue weighted by Crippen LogP contribution is 2.50. The summed E-state index contributed by atoms with van der Waals surface area (Å²) < 4.78 is 270. The van der Waals surface area contributed by atoms with Crippen molar-refractivity contribution in [2.75, 3.05) is 0 Å². The summed E-state index contributed by atoms with van der Waals surface area (Å²) >= 11 is 5.25. The van der Waals surface area contributed by atoms with Crippen molar-refractivity contribution >= 4 is 11.6 Å². The predicted molar refractivity (Wildman–Crippen MR) is 91.0 cm³/mol. The molecule has 0 aromatic heterocycles. The fourth-order valence-electron chi connectivity index (χ4n) is 2.06. The summed E-state index contributed by atoms with van der Waals surface area (Å²) in [5.74, 6) is -19.8. The molecule has 0 heterocycles. The van der Waals surface area contributed by atoms with Gasteiger partial charge in [0, 0.05) is 5.88 Å². The van der Waals surface area contributed by atoms with Crippen LogP contribution >= 0.6 is 11.6 Å². The number of rotatable bonds is 13. The summed E-state index contributed by atoms with van der Waals surface area (Å²) in [7, 11) is 0. The molecule has 0 fully saturated rings. The van der Waals surface area contributed by atoms with Crippen LogP contribution in [-0.2, 0) is 15.4 Å². The molecule has 0 aliphatic carbocycles. The van der Waals surface area contributed by atoms with E-state index in [1.807, 2.05) is 0 Å². The van der Waals surface area contributed by atoms with Gasteiger partial charge >= 0.3 is 61.3 Å². The second-order valence-corrected chi connectivity index (χ2v) is 7.56. The average Bonchev–Trinajstić information content (AvgIpc) is 2.77. The Labute approximate surface area is 222 Å². The highest BCUT2D eigenvalue weighted by atomic mass is 35.5. The van der Waals surface area contributed by atoms with Gasteiger partial charge in [0.2, 0.25) is 0 Å². The molecule has 25 heteroatoms. The van der Waals surface area contributed by atoms with Crippen molar-refractivity contribution in [2.24, 2.45) is 0 Å². The quantitative estimate of drug-likeness (QED) is 0.154. The first-order valence-corrected chi connectivity index (χ1v) is 10.0. The van der Waals surface area contributed by atoms with Crippen LogP contribution in [0.2, 0.25) is 0 Å². The molecular weight excluding hydrogens is 684 g/mol. The fraction of sp³-hybridized carbons (Fsp3) is 0.647. The molecule has 0 aliphatic heterocycles. The summed E-state index contributed by atoms with van der Waals surface area (Å²) in [5, 5.41) is 0. The Hall–Kier alpha value is -2.37. The van der Waals surface area contributed by atoms with Gasteiger partial charge < -0.3 is 9.47 Å². The molecule has 0 radical (unpaired) electrons. The largest absolute Gasteiger partial charge is 0.462 e. The van der Waals surface area contributed by atoms with Crippen LogP contribution in [0.3, 0.4) is 0 Å². The third kappa shape index (κ3) is 7.77. The Balaban J connectivity index is 3.34. The van der Waals surface area contributed by atoms with Gasteiger partial charge in [-0.1, -0.05) is 6.07 Å². The minimum Gasteiger partial charge on any atom is -0.425 e. The first-order valence-electron chi connectivity index (χ1n) is 9.47. The Morgan fingerprint density at radius 3 is 1.19 bits per heavy atom. The summed E-state index contributed by atoms with van der Waals surface area (Å²) in [6.07, 6.45) is -51.6. The molecule has 4 nitrogen and oxygen atoms in total. The van der Waals surface area contributed by atoms with Crippen LogP contribution in [0, 0.1) is 0 Å². The van der Waals surface area contributed by atoms with E-state index in [0.29, 0.717) is 6.07 Å². The van der Waals surface area contributed by atoms with E-state index >= 15 is 0 Å². The average molecular weight is 691 g/mol. The minimum absolute atomic E-state index is 0.0536. The van der Waals surface area contributed by atoms with Gasteiger partial charge in [0.1, 0.15) is 0 Å². The maximum Gasteiger partial charge on any atom is 0.462 e. The zero-order valence-electron chi connectivity index (χ0n) is 18.7. The number of benzene rings is 1. The molecule has 0 saturated heterocycles. The normalized spacial score (nSPS) is 16.3. The molecular formula is C17H7ClF20O4. The lowest BCUT2D eigenvalue weighted by atomic mass is 10.2. The van der Waals surface area contributed by atoms with Crippen molar-refractivity contribution in [3.05, 3.63) is 23.8 Å². The van der Waals surface area contributed by atoms with Gasteiger partial charge in [-0.05, 0) is 17.7 Å². The van der Waals surface area contributed by atoms with E-state index in [4.69, 9.17) is 11.6 Å². The standard InChI is InChI=1S/C17H7ClF20O4/c18-4-5-1-2-6(39-10(21,22)8(19)41-16(35,36)12(25,26)14(29,30)31)7(3-5)40-11(23,24)9(20)42-17(37,38)13(27,28)15(32,33)34/h1-3,8-9H,4H2. The van der Waals surface area contributed by atoms with E-state index in [9.17, 15) is 87.8 Å². The van der Waals surface area contributed by atoms with Crippen LogP contribution in [0.4, 0.5) is 87.8 Å². The Kier molecular flexibility index (Phi) is 10.4. The first kappa shape index (κ1) is 37.7. The number of hydrogen-bond acceptors (Lipinski definition) is 4. The molecule has 0 saturated carbocycles. The number of halogens is 21. The molecule has 0 aliphatic rings. The van der Waals surface area contributed by atoms with Crippen LogP contribution in [0.15, 0.2) is 18.2 Å². The number of hydrogen-bond donors (Lipinski definition) is 0. The van der Waals surface area contributed by atoms with Gasteiger partial charge in [0.15, 0.2) is 11.5 Å². The second kappa shape index (κ2) is 11.6. The van der Waals surface area contributed by atoms with Crippen molar-refractivity contribution in [3.8, 4) is 11.5 Å². The Bertz CT molecular complexity index is 1070. The lowest BCUT2D eigenvalue weighted by Crippen LogP contribution is -2.56. The summed E-state index contributed by atoms with van der Waals surface area (Å²) in [5.41, 5.74) is -0.590. The summed E-state index contributed by atoms with van der Waals surface area (Å²) in [4.78, 5) is 0. The van der Waals surface area contributed by atoms with Crippen molar-refractivity contribution in [2.45, 2.75) is 67.2 Å². The van der Waals surface area contributed by atoms with Crippen molar-refractivity contribution in [1.82, 2.24) is 0 Å². The molecule has 1 rings (SSSR count). The molecule has 0 bridgehead atoms. The second-order valence-electron chi connectivity index (χ2n) is 7.29. The molecule has 2 atom stereocenters. The van der Waals surface area contributed by atoms with E-state index in [1.165, 1.54) is 0 Å². The lowest BCUT2D eigenvalue weighted by molar-refractivity contribution is -0.461. The highest BCUT2D eigenvalue weighted by Gasteiger charge is 2.77.